The molecular weight excluding hydrogens is 302 g/mol. The summed E-state index contributed by atoms with van der Waals surface area (Å²) in [6.45, 7) is 11.9. The lowest BCUT2D eigenvalue weighted by Gasteiger charge is -2.08. The van der Waals surface area contributed by atoms with E-state index < -0.39 is 0 Å². The van der Waals surface area contributed by atoms with Crippen LogP contribution in [0.1, 0.15) is 13.8 Å². The van der Waals surface area contributed by atoms with Crippen LogP contribution in [-0.4, -0.2) is 85.8 Å². The number of hydrogen-bond donors (Lipinski definition) is 1. The van der Waals surface area contributed by atoms with E-state index >= 15 is 0 Å². The summed E-state index contributed by atoms with van der Waals surface area (Å²) in [4.78, 5) is 0. The molecule has 0 saturated heterocycles. The van der Waals surface area contributed by atoms with E-state index in [1.807, 2.05) is 0 Å². The average Bonchev–Trinajstić information content (AvgIpc) is 2.53. The van der Waals surface area contributed by atoms with Crippen LogP contribution in [0, 0.1) is 5.92 Å². The predicted molar refractivity (Wildman–Crippen MR) is 88.8 cm³/mol. The average molecular weight is 337 g/mol. The maximum atomic E-state index is 5.40. The van der Waals surface area contributed by atoms with E-state index in [1.54, 1.807) is 0 Å². The largest absolute Gasteiger partial charge is 0.379 e. The van der Waals surface area contributed by atoms with E-state index in [9.17, 15) is 0 Å². The summed E-state index contributed by atoms with van der Waals surface area (Å²) in [5.74, 6) is 0.563. The number of nitrogens with two attached hydrogens (primary N) is 1. The summed E-state index contributed by atoms with van der Waals surface area (Å²) >= 11 is 0. The Morgan fingerprint density at radius 3 is 1.13 bits per heavy atom. The smallest absolute Gasteiger partial charge is 0.0701 e. The van der Waals surface area contributed by atoms with Gasteiger partial charge in [-0.15, -0.1) is 0 Å². The normalized spacial score (nSPS) is 11.5. The first-order valence-electron chi connectivity index (χ1n) is 8.44. The zero-order valence-corrected chi connectivity index (χ0v) is 14.8. The summed E-state index contributed by atoms with van der Waals surface area (Å²) in [5, 5.41) is 0. The van der Waals surface area contributed by atoms with Gasteiger partial charge in [0.05, 0.1) is 72.7 Å². The molecule has 0 aliphatic heterocycles. The van der Waals surface area contributed by atoms with E-state index in [1.165, 1.54) is 0 Å². The van der Waals surface area contributed by atoms with Gasteiger partial charge in [-0.25, -0.2) is 0 Å². The molecule has 2 N–H and O–H groups in total. The van der Waals surface area contributed by atoms with Gasteiger partial charge in [0.15, 0.2) is 0 Å². The third-order valence-corrected chi connectivity index (χ3v) is 2.57. The first-order valence-corrected chi connectivity index (χ1v) is 8.44. The maximum absolute atomic E-state index is 5.40. The Morgan fingerprint density at radius 2 is 0.826 bits per heavy atom. The Bertz CT molecular complexity index is 219. The highest BCUT2D eigenvalue weighted by Gasteiger charge is 1.95. The van der Waals surface area contributed by atoms with Gasteiger partial charge in [-0.05, 0) is 5.92 Å². The van der Waals surface area contributed by atoms with Crippen molar-refractivity contribution in [3.63, 3.8) is 0 Å². The first kappa shape index (κ1) is 22.7. The van der Waals surface area contributed by atoms with Crippen molar-refractivity contribution >= 4 is 0 Å². The molecule has 7 heteroatoms. The van der Waals surface area contributed by atoms with Gasteiger partial charge in [0.2, 0.25) is 0 Å². The summed E-state index contributed by atoms with van der Waals surface area (Å²) in [6.07, 6.45) is 0. The van der Waals surface area contributed by atoms with Gasteiger partial charge in [0.1, 0.15) is 0 Å². The van der Waals surface area contributed by atoms with Gasteiger partial charge in [0, 0.05) is 13.2 Å². The van der Waals surface area contributed by atoms with Crippen molar-refractivity contribution in [3.8, 4) is 0 Å². The molecule has 0 atom stereocenters. The first-order chi connectivity index (χ1) is 11.3. The molecule has 7 nitrogen and oxygen atoms in total. The zero-order chi connectivity index (χ0) is 17.0. The monoisotopic (exact) mass is 337 g/mol. The molecule has 23 heavy (non-hydrogen) atoms. The SMILES string of the molecule is CC(C)COCCOCCOCCOCCOCCOCCN. The number of rotatable bonds is 19. The van der Waals surface area contributed by atoms with Gasteiger partial charge in [-0.2, -0.15) is 0 Å². The molecule has 0 amide bonds. The van der Waals surface area contributed by atoms with Crippen molar-refractivity contribution in [1.29, 1.82) is 0 Å². The lowest BCUT2D eigenvalue weighted by atomic mass is 10.2. The quantitative estimate of drug-likeness (QED) is 0.347. The lowest BCUT2D eigenvalue weighted by Crippen LogP contribution is -2.15. The van der Waals surface area contributed by atoms with Crippen LogP contribution in [0.4, 0.5) is 0 Å². The van der Waals surface area contributed by atoms with Crippen molar-refractivity contribution in [2.75, 3.05) is 85.8 Å². The molecule has 0 aliphatic carbocycles. The fourth-order valence-electron chi connectivity index (χ4n) is 1.50. The van der Waals surface area contributed by atoms with Crippen LogP contribution in [0.5, 0.6) is 0 Å². The summed E-state index contributed by atoms with van der Waals surface area (Å²) in [5.41, 5.74) is 5.29. The third kappa shape index (κ3) is 21.7. The molecule has 0 unspecified atom stereocenters. The second kappa shape index (κ2) is 19.8. The Kier molecular flexibility index (Phi) is 19.5. The molecule has 0 fully saturated rings. The molecule has 0 spiro atoms. The Balaban J connectivity index is 2.95. The van der Waals surface area contributed by atoms with Crippen molar-refractivity contribution < 1.29 is 28.4 Å². The van der Waals surface area contributed by atoms with Gasteiger partial charge < -0.3 is 34.2 Å². The van der Waals surface area contributed by atoms with E-state index in [4.69, 9.17) is 34.2 Å². The molecule has 0 aliphatic rings. The van der Waals surface area contributed by atoms with Crippen LogP contribution in [-0.2, 0) is 28.4 Å². The zero-order valence-electron chi connectivity index (χ0n) is 14.8. The van der Waals surface area contributed by atoms with Crippen LogP contribution >= 0.6 is 0 Å². The van der Waals surface area contributed by atoms with Gasteiger partial charge >= 0.3 is 0 Å². The van der Waals surface area contributed by atoms with Crippen molar-refractivity contribution in [1.82, 2.24) is 0 Å². The van der Waals surface area contributed by atoms with Crippen LogP contribution < -0.4 is 5.73 Å². The Morgan fingerprint density at radius 1 is 0.522 bits per heavy atom. The fraction of sp³-hybridized carbons (Fsp3) is 1.00. The van der Waals surface area contributed by atoms with Gasteiger partial charge in [-0.1, -0.05) is 13.8 Å². The van der Waals surface area contributed by atoms with E-state index in [0.717, 1.165) is 6.61 Å². The van der Waals surface area contributed by atoms with Crippen LogP contribution in [0.25, 0.3) is 0 Å². The molecular formula is C16H35NO6. The van der Waals surface area contributed by atoms with E-state index in [-0.39, 0.29) is 0 Å². The van der Waals surface area contributed by atoms with Gasteiger partial charge in [-0.3, -0.25) is 0 Å². The standard InChI is InChI=1S/C16H35NO6/c1-16(2)15-23-14-13-22-12-11-21-10-9-20-8-7-19-6-5-18-4-3-17/h16H,3-15,17H2,1-2H3. The molecule has 0 saturated carbocycles. The second-order valence-electron chi connectivity index (χ2n) is 5.32. The number of ether oxygens (including phenoxy) is 6. The lowest BCUT2D eigenvalue weighted by molar-refractivity contribution is -0.0175. The highest BCUT2D eigenvalue weighted by Crippen LogP contribution is 1.91. The fourth-order valence-corrected chi connectivity index (χ4v) is 1.50. The maximum Gasteiger partial charge on any atom is 0.0701 e. The Hall–Kier alpha value is -0.280. The van der Waals surface area contributed by atoms with Crippen molar-refractivity contribution in [2.24, 2.45) is 11.7 Å². The minimum absolute atomic E-state index is 0.542. The molecule has 0 rings (SSSR count). The molecule has 140 valence electrons. The molecule has 0 bridgehead atoms. The minimum Gasteiger partial charge on any atom is -0.379 e. The topological polar surface area (TPSA) is 81.4 Å². The molecule has 0 aromatic carbocycles. The predicted octanol–water partition coefficient (Wildman–Crippen LogP) is 0.701. The van der Waals surface area contributed by atoms with Gasteiger partial charge in [0.25, 0.3) is 0 Å². The van der Waals surface area contributed by atoms with Crippen LogP contribution in [0.2, 0.25) is 0 Å². The van der Waals surface area contributed by atoms with Crippen LogP contribution in [0.15, 0.2) is 0 Å². The molecule has 0 heterocycles. The highest BCUT2D eigenvalue weighted by molar-refractivity contribution is 4.40. The summed E-state index contributed by atoms with van der Waals surface area (Å²) in [7, 11) is 0. The summed E-state index contributed by atoms with van der Waals surface area (Å²) in [6, 6.07) is 0. The number of hydrogen-bond acceptors (Lipinski definition) is 7. The second-order valence-corrected chi connectivity index (χ2v) is 5.32. The van der Waals surface area contributed by atoms with E-state index in [0.29, 0.717) is 85.1 Å². The van der Waals surface area contributed by atoms with Crippen molar-refractivity contribution in [3.05, 3.63) is 0 Å². The molecule has 0 radical (unpaired) electrons. The van der Waals surface area contributed by atoms with E-state index in [2.05, 4.69) is 13.8 Å². The third-order valence-electron chi connectivity index (χ3n) is 2.57. The molecule has 0 aromatic rings. The van der Waals surface area contributed by atoms with Crippen molar-refractivity contribution in [2.45, 2.75) is 13.8 Å². The summed E-state index contributed by atoms with van der Waals surface area (Å²) < 4.78 is 32.0. The molecule has 0 aromatic heterocycles. The van der Waals surface area contributed by atoms with Crippen LogP contribution in [0.3, 0.4) is 0 Å². The minimum atomic E-state index is 0.542. The Labute approximate surface area is 140 Å². The highest BCUT2D eigenvalue weighted by atomic mass is 16.6.